The predicted molar refractivity (Wildman–Crippen MR) is 82.2 cm³/mol. The van der Waals surface area contributed by atoms with Crippen LogP contribution in [0.1, 0.15) is 32.3 Å². The van der Waals surface area contributed by atoms with Crippen molar-refractivity contribution >= 4 is 12.1 Å². The van der Waals surface area contributed by atoms with E-state index in [-0.39, 0.29) is 18.5 Å². The molecule has 0 radical (unpaired) electrons. The summed E-state index contributed by atoms with van der Waals surface area (Å²) < 4.78 is 10.5. The molecule has 22 heavy (non-hydrogen) atoms. The zero-order valence-electron chi connectivity index (χ0n) is 13.2. The molecule has 5 nitrogen and oxygen atoms in total. The van der Waals surface area contributed by atoms with Crippen molar-refractivity contribution in [1.29, 1.82) is 0 Å². The lowest BCUT2D eigenvalue weighted by Crippen LogP contribution is -2.41. The van der Waals surface area contributed by atoms with Crippen LogP contribution in [0.4, 0.5) is 4.79 Å². The van der Waals surface area contributed by atoms with Crippen LogP contribution in [0.5, 0.6) is 0 Å². The molecule has 0 N–H and O–H groups in total. The standard InChI is InChI=1S/C17H23NO4/c1-13(2)11-21-16(19)15-9-6-10-18(15)17(20)22-12-14-7-4-3-5-8-14/h3-5,7-8,13,15H,6,9-12H2,1-2H3. The smallest absolute Gasteiger partial charge is 0.410 e. The highest BCUT2D eigenvalue weighted by Crippen LogP contribution is 2.20. The number of hydrogen-bond acceptors (Lipinski definition) is 4. The molecule has 1 saturated heterocycles. The highest BCUT2D eigenvalue weighted by molar-refractivity contribution is 5.82. The number of carbonyl (C=O) groups is 2. The van der Waals surface area contributed by atoms with Gasteiger partial charge in [-0.15, -0.1) is 0 Å². The van der Waals surface area contributed by atoms with Crippen LogP contribution in [0, 0.1) is 5.92 Å². The van der Waals surface area contributed by atoms with Gasteiger partial charge in [-0.25, -0.2) is 9.59 Å². The summed E-state index contributed by atoms with van der Waals surface area (Å²) in [7, 11) is 0. The summed E-state index contributed by atoms with van der Waals surface area (Å²) in [5, 5.41) is 0. The normalized spacial score (nSPS) is 17.6. The van der Waals surface area contributed by atoms with E-state index in [0.717, 1.165) is 12.0 Å². The number of amides is 1. The molecule has 0 saturated carbocycles. The van der Waals surface area contributed by atoms with Gasteiger partial charge in [0.15, 0.2) is 0 Å². The first kappa shape index (κ1) is 16.3. The molecule has 1 fully saturated rings. The molecule has 1 aromatic carbocycles. The largest absolute Gasteiger partial charge is 0.464 e. The fourth-order valence-electron chi connectivity index (χ4n) is 2.38. The van der Waals surface area contributed by atoms with E-state index in [0.29, 0.717) is 19.6 Å². The van der Waals surface area contributed by atoms with Crippen molar-refractivity contribution in [2.45, 2.75) is 39.3 Å². The van der Waals surface area contributed by atoms with Gasteiger partial charge in [0.25, 0.3) is 0 Å². The number of ether oxygens (including phenoxy) is 2. The molecule has 0 spiro atoms. The van der Waals surface area contributed by atoms with E-state index in [1.54, 1.807) is 0 Å². The number of likely N-dealkylation sites (tertiary alicyclic amines) is 1. The summed E-state index contributed by atoms with van der Waals surface area (Å²) >= 11 is 0. The van der Waals surface area contributed by atoms with E-state index in [4.69, 9.17) is 9.47 Å². The van der Waals surface area contributed by atoms with Crippen molar-refractivity contribution in [3.05, 3.63) is 35.9 Å². The Balaban J connectivity index is 1.86. The third-order valence-electron chi connectivity index (χ3n) is 3.52. The SMILES string of the molecule is CC(C)COC(=O)C1CCCN1C(=O)OCc1ccccc1. The van der Waals surface area contributed by atoms with E-state index >= 15 is 0 Å². The Hall–Kier alpha value is -2.04. The Morgan fingerprint density at radius 1 is 1.23 bits per heavy atom. The van der Waals surface area contributed by atoms with Gasteiger partial charge < -0.3 is 9.47 Å². The van der Waals surface area contributed by atoms with Crippen molar-refractivity contribution in [2.24, 2.45) is 5.92 Å². The van der Waals surface area contributed by atoms with Crippen LogP contribution in [0.25, 0.3) is 0 Å². The van der Waals surface area contributed by atoms with Crippen molar-refractivity contribution in [1.82, 2.24) is 4.90 Å². The summed E-state index contributed by atoms with van der Waals surface area (Å²) in [6.45, 7) is 5.09. The van der Waals surface area contributed by atoms with Gasteiger partial charge >= 0.3 is 12.1 Å². The maximum absolute atomic E-state index is 12.2. The van der Waals surface area contributed by atoms with Gasteiger partial charge in [0.2, 0.25) is 0 Å². The third kappa shape index (κ3) is 4.48. The van der Waals surface area contributed by atoms with Gasteiger partial charge in [0.1, 0.15) is 12.6 Å². The molecule has 1 heterocycles. The van der Waals surface area contributed by atoms with Crippen molar-refractivity contribution < 1.29 is 19.1 Å². The lowest BCUT2D eigenvalue weighted by molar-refractivity contribution is -0.149. The molecule has 0 bridgehead atoms. The maximum Gasteiger partial charge on any atom is 0.410 e. The highest BCUT2D eigenvalue weighted by Gasteiger charge is 2.36. The lowest BCUT2D eigenvalue weighted by Gasteiger charge is -2.23. The Morgan fingerprint density at radius 3 is 2.64 bits per heavy atom. The van der Waals surface area contributed by atoms with E-state index in [9.17, 15) is 9.59 Å². The number of rotatable bonds is 5. The molecule has 0 aromatic heterocycles. The molecule has 1 aromatic rings. The average Bonchev–Trinajstić information content (AvgIpc) is 3.01. The second kappa shape index (κ2) is 7.82. The number of carbonyl (C=O) groups excluding carboxylic acids is 2. The molecular weight excluding hydrogens is 282 g/mol. The second-order valence-electron chi connectivity index (χ2n) is 5.92. The van der Waals surface area contributed by atoms with Gasteiger partial charge in [0, 0.05) is 6.54 Å². The molecule has 0 aliphatic carbocycles. The third-order valence-corrected chi connectivity index (χ3v) is 3.52. The number of nitrogens with zero attached hydrogens (tertiary/aromatic N) is 1. The summed E-state index contributed by atoms with van der Waals surface area (Å²) in [5.74, 6) is -0.0494. The molecule has 1 atom stereocenters. The minimum absolute atomic E-state index is 0.212. The van der Waals surface area contributed by atoms with E-state index in [1.165, 1.54) is 4.90 Å². The minimum atomic E-state index is -0.512. The molecule has 1 aliphatic rings. The van der Waals surface area contributed by atoms with Crippen LogP contribution in [0.15, 0.2) is 30.3 Å². The Kier molecular flexibility index (Phi) is 5.81. The average molecular weight is 305 g/mol. The van der Waals surface area contributed by atoms with Crippen molar-refractivity contribution in [3.63, 3.8) is 0 Å². The molecule has 1 amide bonds. The Bertz CT molecular complexity index is 501. The van der Waals surface area contributed by atoms with Crippen molar-refractivity contribution in [3.8, 4) is 0 Å². The number of benzene rings is 1. The number of hydrogen-bond donors (Lipinski definition) is 0. The van der Waals surface area contributed by atoms with Gasteiger partial charge in [0.05, 0.1) is 6.61 Å². The molecular formula is C17H23NO4. The van der Waals surface area contributed by atoms with Crippen LogP contribution < -0.4 is 0 Å². The summed E-state index contributed by atoms with van der Waals surface area (Å²) in [5.41, 5.74) is 0.925. The summed E-state index contributed by atoms with van der Waals surface area (Å²) in [6.07, 6.45) is 0.979. The van der Waals surface area contributed by atoms with Crippen LogP contribution in [0.2, 0.25) is 0 Å². The molecule has 1 unspecified atom stereocenters. The van der Waals surface area contributed by atoms with Gasteiger partial charge in [-0.3, -0.25) is 4.90 Å². The molecule has 2 rings (SSSR count). The van der Waals surface area contributed by atoms with Crippen molar-refractivity contribution in [2.75, 3.05) is 13.2 Å². The topological polar surface area (TPSA) is 55.8 Å². The van der Waals surface area contributed by atoms with Gasteiger partial charge in [-0.05, 0) is 24.3 Å². The molecule has 120 valence electrons. The zero-order chi connectivity index (χ0) is 15.9. The van der Waals surface area contributed by atoms with Crippen LogP contribution in [0.3, 0.4) is 0 Å². The predicted octanol–water partition coefficient (Wildman–Crippen LogP) is 2.99. The monoisotopic (exact) mass is 305 g/mol. The van der Waals surface area contributed by atoms with Gasteiger partial charge in [-0.1, -0.05) is 44.2 Å². The quantitative estimate of drug-likeness (QED) is 0.785. The lowest BCUT2D eigenvalue weighted by atomic mass is 10.2. The first-order valence-corrected chi connectivity index (χ1v) is 7.72. The minimum Gasteiger partial charge on any atom is -0.464 e. The first-order valence-electron chi connectivity index (χ1n) is 7.72. The first-order chi connectivity index (χ1) is 10.6. The summed E-state index contributed by atoms with van der Waals surface area (Å²) in [4.78, 5) is 25.7. The summed E-state index contributed by atoms with van der Waals surface area (Å²) in [6, 6.07) is 8.97. The fraction of sp³-hybridized carbons (Fsp3) is 0.529. The highest BCUT2D eigenvalue weighted by atomic mass is 16.6. The maximum atomic E-state index is 12.2. The second-order valence-corrected chi connectivity index (χ2v) is 5.92. The van der Waals surface area contributed by atoms with Gasteiger partial charge in [-0.2, -0.15) is 0 Å². The molecule has 5 heteroatoms. The van der Waals surface area contributed by atoms with Crippen LogP contribution in [-0.2, 0) is 20.9 Å². The van der Waals surface area contributed by atoms with Crippen LogP contribution in [-0.4, -0.2) is 36.2 Å². The Labute approximate surface area is 131 Å². The van der Waals surface area contributed by atoms with Crippen LogP contribution >= 0.6 is 0 Å². The fourth-order valence-corrected chi connectivity index (χ4v) is 2.38. The van der Waals surface area contributed by atoms with E-state index in [1.807, 2.05) is 44.2 Å². The molecule has 1 aliphatic heterocycles. The Morgan fingerprint density at radius 2 is 1.95 bits per heavy atom. The zero-order valence-corrected chi connectivity index (χ0v) is 13.2. The van der Waals surface area contributed by atoms with E-state index in [2.05, 4.69) is 0 Å². The number of esters is 1. The van der Waals surface area contributed by atoms with E-state index < -0.39 is 12.1 Å².